The Labute approximate surface area is 110 Å². The molecule has 0 amide bonds. The molecule has 0 aromatic carbocycles. The van der Waals surface area contributed by atoms with Crippen molar-refractivity contribution in [1.82, 2.24) is 15.0 Å². The van der Waals surface area contributed by atoms with E-state index < -0.39 is 17.4 Å². The second-order valence-corrected chi connectivity index (χ2v) is 3.91. The van der Waals surface area contributed by atoms with Crippen LogP contribution < -0.4 is 11.5 Å². The topological polar surface area (TPSA) is 90.7 Å². The number of anilines is 2. The van der Waals surface area contributed by atoms with E-state index >= 15 is 0 Å². The Balaban J connectivity index is 2.70. The van der Waals surface area contributed by atoms with E-state index in [1.807, 2.05) is 0 Å². The van der Waals surface area contributed by atoms with Gasteiger partial charge in [-0.15, -0.1) is 0 Å². The van der Waals surface area contributed by atoms with Gasteiger partial charge in [-0.3, -0.25) is 0 Å². The van der Waals surface area contributed by atoms with Gasteiger partial charge >= 0.3 is 6.18 Å². The molecule has 0 aliphatic rings. The Morgan fingerprint density at radius 2 is 1.79 bits per heavy atom. The number of nitrogen functional groups attached to an aromatic ring is 2. The summed E-state index contributed by atoms with van der Waals surface area (Å²) in [5, 5.41) is -0.320. The summed E-state index contributed by atoms with van der Waals surface area (Å²) in [6.45, 7) is 0. The second-order valence-electron chi connectivity index (χ2n) is 3.57. The first-order chi connectivity index (χ1) is 8.79. The predicted octanol–water partition coefficient (Wildman–Crippen LogP) is 2.38. The smallest absolute Gasteiger partial charge is 0.384 e. The maximum atomic E-state index is 12.9. The monoisotopic (exact) mass is 289 g/mol. The van der Waals surface area contributed by atoms with E-state index in [1.54, 1.807) is 0 Å². The third-order valence-electron chi connectivity index (χ3n) is 2.27. The molecule has 0 fully saturated rings. The van der Waals surface area contributed by atoms with Crippen LogP contribution in [0.2, 0.25) is 5.28 Å². The molecule has 0 bridgehead atoms. The van der Waals surface area contributed by atoms with Crippen LogP contribution in [0.3, 0.4) is 0 Å². The van der Waals surface area contributed by atoms with Crippen molar-refractivity contribution in [1.29, 1.82) is 0 Å². The van der Waals surface area contributed by atoms with Gasteiger partial charge in [0.15, 0.2) is 0 Å². The van der Waals surface area contributed by atoms with Gasteiger partial charge in [0.05, 0.1) is 5.69 Å². The fraction of sp³-hybridized carbons (Fsp3) is 0.100. The molecule has 5 nitrogen and oxygen atoms in total. The lowest BCUT2D eigenvalue weighted by Gasteiger charge is -2.12. The van der Waals surface area contributed by atoms with E-state index in [2.05, 4.69) is 15.0 Å². The summed E-state index contributed by atoms with van der Waals surface area (Å²) in [6.07, 6.45) is -4.03. The van der Waals surface area contributed by atoms with Crippen molar-refractivity contribution < 1.29 is 13.2 Å². The van der Waals surface area contributed by atoms with Crippen molar-refractivity contribution in [2.75, 3.05) is 11.5 Å². The minimum Gasteiger partial charge on any atom is -0.384 e. The minimum absolute atomic E-state index is 0.00850. The molecule has 0 radical (unpaired) electrons. The molecule has 2 aromatic rings. The number of pyridine rings is 1. The average Bonchev–Trinajstić information content (AvgIpc) is 2.27. The summed E-state index contributed by atoms with van der Waals surface area (Å²) in [4.78, 5) is 10.6. The Morgan fingerprint density at radius 3 is 2.37 bits per heavy atom. The van der Waals surface area contributed by atoms with Crippen LogP contribution in [0.25, 0.3) is 11.3 Å². The lowest BCUT2D eigenvalue weighted by Crippen LogP contribution is -2.11. The molecular weight excluding hydrogens is 283 g/mol. The van der Waals surface area contributed by atoms with Crippen molar-refractivity contribution in [3.63, 3.8) is 0 Å². The number of rotatable bonds is 1. The zero-order valence-electron chi connectivity index (χ0n) is 9.24. The van der Waals surface area contributed by atoms with Crippen LogP contribution in [0.5, 0.6) is 0 Å². The first-order valence-corrected chi connectivity index (χ1v) is 5.29. The molecule has 2 rings (SSSR count). The molecule has 2 aromatic heterocycles. The number of alkyl halides is 3. The van der Waals surface area contributed by atoms with Crippen LogP contribution in [0.1, 0.15) is 5.56 Å². The molecule has 0 aliphatic heterocycles. The summed E-state index contributed by atoms with van der Waals surface area (Å²) in [5.41, 5.74) is 9.45. The van der Waals surface area contributed by atoms with E-state index in [1.165, 1.54) is 12.1 Å². The average molecular weight is 290 g/mol. The lowest BCUT2D eigenvalue weighted by molar-refractivity contribution is -0.137. The van der Waals surface area contributed by atoms with E-state index in [9.17, 15) is 13.2 Å². The van der Waals surface area contributed by atoms with Gasteiger partial charge in [-0.25, -0.2) is 15.0 Å². The Morgan fingerprint density at radius 1 is 1.11 bits per heavy atom. The second kappa shape index (κ2) is 4.54. The van der Waals surface area contributed by atoms with Crippen LogP contribution in [0.4, 0.5) is 24.8 Å². The van der Waals surface area contributed by atoms with Gasteiger partial charge in [0.25, 0.3) is 0 Å². The molecule has 0 atom stereocenters. The Hall–Kier alpha value is -2.09. The molecule has 4 N–H and O–H groups in total. The third-order valence-corrected chi connectivity index (χ3v) is 2.45. The number of nitrogens with two attached hydrogens (primary N) is 2. The van der Waals surface area contributed by atoms with Crippen molar-refractivity contribution >= 4 is 23.2 Å². The van der Waals surface area contributed by atoms with Gasteiger partial charge in [-0.2, -0.15) is 13.2 Å². The molecule has 0 unspecified atom stereocenters. The number of hydrogen-bond acceptors (Lipinski definition) is 5. The van der Waals surface area contributed by atoms with Crippen LogP contribution in [-0.2, 0) is 6.18 Å². The minimum atomic E-state index is -4.63. The molecule has 9 heteroatoms. The SMILES string of the molecule is Nc1ccc(-c2nc(Cl)ncc2C(F)(F)F)c(N)n1. The molecule has 0 aliphatic carbocycles. The molecular formula is C10H7ClF3N5. The zero-order chi connectivity index (χ0) is 14.2. The molecule has 0 saturated heterocycles. The van der Waals surface area contributed by atoms with E-state index in [-0.39, 0.29) is 22.5 Å². The molecule has 0 saturated carbocycles. The molecule has 19 heavy (non-hydrogen) atoms. The van der Waals surface area contributed by atoms with Crippen molar-refractivity contribution in [2.45, 2.75) is 6.18 Å². The highest BCUT2D eigenvalue weighted by Gasteiger charge is 2.36. The molecule has 0 spiro atoms. The van der Waals surface area contributed by atoms with Gasteiger partial charge in [-0.1, -0.05) is 0 Å². The summed E-state index contributed by atoms with van der Waals surface area (Å²) in [7, 11) is 0. The third kappa shape index (κ3) is 2.68. The van der Waals surface area contributed by atoms with Crippen LogP contribution >= 0.6 is 11.6 Å². The summed E-state index contributed by atoms with van der Waals surface area (Å²) >= 11 is 5.52. The number of hydrogen-bond donors (Lipinski definition) is 2. The summed E-state index contributed by atoms with van der Waals surface area (Å²) in [5.74, 6) is -0.0739. The maximum Gasteiger partial charge on any atom is 0.419 e. The van der Waals surface area contributed by atoms with Crippen LogP contribution in [0, 0.1) is 0 Å². The van der Waals surface area contributed by atoms with E-state index in [4.69, 9.17) is 23.1 Å². The highest BCUT2D eigenvalue weighted by atomic mass is 35.5. The van der Waals surface area contributed by atoms with Gasteiger partial charge in [0.2, 0.25) is 5.28 Å². The normalized spacial score (nSPS) is 11.6. The van der Waals surface area contributed by atoms with Crippen molar-refractivity contribution in [2.24, 2.45) is 0 Å². The number of halogens is 4. The van der Waals surface area contributed by atoms with Gasteiger partial charge < -0.3 is 11.5 Å². The zero-order valence-corrected chi connectivity index (χ0v) is 10.00. The van der Waals surface area contributed by atoms with Gasteiger partial charge in [0, 0.05) is 11.8 Å². The number of aromatic nitrogens is 3. The van der Waals surface area contributed by atoms with Gasteiger partial charge in [-0.05, 0) is 23.7 Å². The fourth-order valence-corrected chi connectivity index (χ4v) is 1.60. The van der Waals surface area contributed by atoms with E-state index in [0.717, 1.165) is 0 Å². The fourth-order valence-electron chi connectivity index (χ4n) is 1.46. The largest absolute Gasteiger partial charge is 0.419 e. The van der Waals surface area contributed by atoms with Crippen LogP contribution in [-0.4, -0.2) is 15.0 Å². The Kier molecular flexibility index (Phi) is 3.19. The van der Waals surface area contributed by atoms with Crippen molar-refractivity contribution in [3.8, 4) is 11.3 Å². The highest BCUT2D eigenvalue weighted by Crippen LogP contribution is 2.37. The van der Waals surface area contributed by atoms with Crippen LogP contribution in [0.15, 0.2) is 18.3 Å². The summed E-state index contributed by atoms with van der Waals surface area (Å²) in [6, 6.07) is 2.62. The van der Waals surface area contributed by atoms with Gasteiger partial charge in [0.1, 0.15) is 17.2 Å². The number of nitrogens with zero attached hydrogens (tertiary/aromatic N) is 3. The first-order valence-electron chi connectivity index (χ1n) is 4.91. The lowest BCUT2D eigenvalue weighted by atomic mass is 10.1. The van der Waals surface area contributed by atoms with Crippen molar-refractivity contribution in [3.05, 3.63) is 29.2 Å². The quantitative estimate of drug-likeness (QED) is 0.787. The maximum absolute atomic E-state index is 12.9. The molecule has 2 heterocycles. The summed E-state index contributed by atoms with van der Waals surface area (Å²) < 4.78 is 38.6. The molecule has 100 valence electrons. The first kappa shape index (κ1) is 13.3. The predicted molar refractivity (Wildman–Crippen MR) is 64.1 cm³/mol. The van der Waals surface area contributed by atoms with E-state index in [0.29, 0.717) is 6.20 Å². The standard InChI is InChI=1S/C10H7ClF3N5/c11-9-17-3-5(10(12,13)14)7(19-9)4-1-2-6(15)18-8(4)16/h1-3H,(H4,15,16,18). The highest BCUT2D eigenvalue weighted by molar-refractivity contribution is 6.28. The Bertz CT molecular complexity index is 629.